The van der Waals surface area contributed by atoms with Crippen molar-refractivity contribution in [2.75, 3.05) is 30.5 Å². The first-order chi connectivity index (χ1) is 25.0. The van der Waals surface area contributed by atoms with Crippen LogP contribution in [0.25, 0.3) is 10.8 Å². The summed E-state index contributed by atoms with van der Waals surface area (Å²) in [6.45, 7) is 1.45. The van der Waals surface area contributed by atoms with Gasteiger partial charge in [0, 0.05) is 13.8 Å². The molecule has 0 atom stereocenters. The average Bonchev–Trinajstić information content (AvgIpc) is 3.06. The van der Waals surface area contributed by atoms with E-state index in [1.165, 1.54) is 24.3 Å². The summed E-state index contributed by atoms with van der Waals surface area (Å²) in [5, 5.41) is 25.5. The topological polar surface area (TPSA) is 325 Å². The molecule has 0 heterocycles. The molecule has 0 radical (unpaired) electrons. The number of azo groups is 2. The van der Waals surface area contributed by atoms with Crippen molar-refractivity contribution in [2.45, 2.75) is 33.4 Å². The highest BCUT2D eigenvalue weighted by molar-refractivity contribution is 7.91. The molecule has 0 fully saturated rings. The molecule has 24 heteroatoms. The highest BCUT2D eigenvalue weighted by Crippen LogP contribution is 2.48. The number of aromatic hydroxyl groups is 1. The molecule has 0 aliphatic heterocycles. The van der Waals surface area contributed by atoms with E-state index in [9.17, 15) is 57.5 Å². The number of anilines is 1. The summed E-state index contributed by atoms with van der Waals surface area (Å²) in [7, 11) is -18.2. The van der Waals surface area contributed by atoms with Crippen LogP contribution in [0, 0.1) is 0 Å². The lowest BCUT2D eigenvalue weighted by atomic mass is 10.1. The Bertz CT molecular complexity index is 2470. The normalized spacial score (nSPS) is 12.7. The maximum atomic E-state index is 12.5. The molecule has 0 bridgehead atoms. The van der Waals surface area contributed by atoms with Gasteiger partial charge in [0.15, 0.2) is 25.4 Å². The Kier molecular flexibility index (Phi) is 12.2. The SMILES string of the molecule is CC(=O)OCCS(=O)(=O)c1ccc(N=Nc2c(S(=O)(=O)O)cc3cc(S(=O)(=O)O)c(N=Nc4ccc(S(=O)(=O)CCOC(C)=O)cc4)c(O)c3c2N)cc1. The van der Waals surface area contributed by atoms with Crippen LogP contribution in [0.2, 0.25) is 0 Å². The molecule has 20 nitrogen and oxygen atoms in total. The number of ether oxygens (including phenoxy) is 2. The van der Waals surface area contributed by atoms with Crippen molar-refractivity contribution in [3.8, 4) is 5.75 Å². The van der Waals surface area contributed by atoms with Crippen LogP contribution in [-0.2, 0) is 59.0 Å². The largest absolute Gasteiger partial charge is 0.505 e. The average molecular weight is 828 g/mol. The molecule has 5 N–H and O–H groups in total. The molecule has 4 aromatic carbocycles. The van der Waals surface area contributed by atoms with Crippen LogP contribution in [-0.4, -0.2) is 84.5 Å². The number of benzene rings is 4. The monoisotopic (exact) mass is 827 g/mol. The van der Waals surface area contributed by atoms with Gasteiger partial charge in [0.05, 0.1) is 43.7 Å². The lowest BCUT2D eigenvalue weighted by molar-refractivity contribution is -0.141. The van der Waals surface area contributed by atoms with Crippen molar-refractivity contribution < 1.29 is 66.9 Å². The maximum Gasteiger partial charge on any atom is 0.302 e. The van der Waals surface area contributed by atoms with Gasteiger partial charge in [-0.15, -0.1) is 10.2 Å². The number of nitrogens with two attached hydrogens (primary N) is 1. The van der Waals surface area contributed by atoms with E-state index in [-0.39, 0.29) is 27.8 Å². The molecule has 0 aliphatic carbocycles. The van der Waals surface area contributed by atoms with Gasteiger partial charge in [0.2, 0.25) is 0 Å². The Balaban J connectivity index is 1.77. The second-order valence-corrected chi connectivity index (χ2v) is 18.0. The van der Waals surface area contributed by atoms with Crippen molar-refractivity contribution in [3.05, 3.63) is 60.7 Å². The maximum absolute atomic E-state index is 12.5. The number of carbonyl (C=O) groups is 2. The second-order valence-electron chi connectivity index (χ2n) is 11.0. The highest BCUT2D eigenvalue weighted by Gasteiger charge is 2.28. The quantitative estimate of drug-likeness (QED) is 0.0601. The molecular weight excluding hydrogens is 799 g/mol. The van der Waals surface area contributed by atoms with Gasteiger partial charge >= 0.3 is 11.9 Å². The number of hydrogen-bond acceptors (Lipinski definition) is 18. The minimum absolute atomic E-state index is 0.0432. The molecular formula is C30H29N5O15S4. The minimum Gasteiger partial charge on any atom is -0.505 e. The first kappa shape index (κ1) is 41.4. The molecule has 0 spiro atoms. The standard InChI is InChI=1S/C30H29N5O15S4/c1-17(36)49-11-13-51(39,40)22-7-3-20(4-8-22)32-34-28-24(53(43,44)45)15-19-16-25(54(46,47)48)29(30(38)26(19)27(28)31)35-33-21-5-9-23(10-6-21)52(41,42)14-12-50-18(2)37/h3-10,15-16,38H,11-14,31H2,1-2H3,(H,43,44,45)(H,46,47,48). The summed E-state index contributed by atoms with van der Waals surface area (Å²) in [4.78, 5) is 19.5. The number of carbonyl (C=O) groups excluding carboxylic acids is 2. The molecule has 288 valence electrons. The van der Waals surface area contributed by atoms with Gasteiger partial charge in [0.1, 0.15) is 34.4 Å². The Labute approximate surface area is 307 Å². The number of sulfone groups is 2. The predicted molar refractivity (Wildman–Crippen MR) is 188 cm³/mol. The van der Waals surface area contributed by atoms with Crippen molar-refractivity contribution in [1.29, 1.82) is 0 Å². The molecule has 0 saturated heterocycles. The van der Waals surface area contributed by atoms with Gasteiger partial charge in [0.25, 0.3) is 20.2 Å². The molecule has 54 heavy (non-hydrogen) atoms. The summed E-state index contributed by atoms with van der Waals surface area (Å²) < 4.78 is 129. The number of phenols is 1. The third kappa shape index (κ3) is 9.97. The van der Waals surface area contributed by atoms with Crippen molar-refractivity contribution >= 4 is 91.1 Å². The van der Waals surface area contributed by atoms with Crippen LogP contribution in [0.4, 0.5) is 28.4 Å². The minimum atomic E-state index is -5.22. The lowest BCUT2D eigenvalue weighted by Gasteiger charge is -2.14. The van der Waals surface area contributed by atoms with Crippen LogP contribution in [0.1, 0.15) is 13.8 Å². The molecule has 0 amide bonds. The first-order valence-corrected chi connectivity index (χ1v) is 21.0. The third-order valence-electron chi connectivity index (χ3n) is 7.11. The number of esters is 2. The zero-order chi connectivity index (χ0) is 40.2. The van der Waals surface area contributed by atoms with Gasteiger partial charge in [-0.3, -0.25) is 18.7 Å². The van der Waals surface area contributed by atoms with Crippen LogP contribution in [0.3, 0.4) is 0 Å². The first-order valence-electron chi connectivity index (χ1n) is 14.8. The molecule has 4 aromatic rings. The second kappa shape index (κ2) is 15.9. The van der Waals surface area contributed by atoms with E-state index in [4.69, 9.17) is 5.73 Å². The number of rotatable bonds is 14. The molecule has 4 rings (SSSR count). The summed E-state index contributed by atoms with van der Waals surface area (Å²) in [5.41, 5.74) is 3.79. The molecule has 0 aliphatic rings. The van der Waals surface area contributed by atoms with Crippen LogP contribution in [0.5, 0.6) is 5.75 Å². The molecule has 0 unspecified atom stereocenters. The fraction of sp³-hybridized carbons (Fsp3) is 0.200. The predicted octanol–water partition coefficient (Wildman–Crippen LogP) is 4.13. The van der Waals surface area contributed by atoms with Crippen LogP contribution < -0.4 is 5.73 Å². The summed E-state index contributed by atoms with van der Waals surface area (Å²) in [6, 6.07) is 10.6. The van der Waals surface area contributed by atoms with E-state index in [1.54, 1.807) is 0 Å². The number of fused-ring (bicyclic) bond motifs is 1. The van der Waals surface area contributed by atoms with E-state index < -0.39 is 113 Å². The van der Waals surface area contributed by atoms with E-state index in [0.29, 0.717) is 12.1 Å². The van der Waals surface area contributed by atoms with Crippen LogP contribution >= 0.6 is 0 Å². The van der Waals surface area contributed by atoms with Crippen molar-refractivity contribution in [2.24, 2.45) is 20.5 Å². The zero-order valence-electron chi connectivity index (χ0n) is 27.8. The summed E-state index contributed by atoms with van der Waals surface area (Å²) in [5.74, 6) is -3.42. The van der Waals surface area contributed by atoms with Gasteiger partial charge in [-0.05, 0) is 66.0 Å². The fourth-order valence-electron chi connectivity index (χ4n) is 4.59. The number of nitrogen functional groups attached to an aromatic ring is 1. The third-order valence-corrected chi connectivity index (χ3v) is 12.2. The Morgan fingerprint density at radius 2 is 1.00 bits per heavy atom. The van der Waals surface area contributed by atoms with Gasteiger partial charge < -0.3 is 20.3 Å². The van der Waals surface area contributed by atoms with E-state index in [2.05, 4.69) is 29.9 Å². The smallest absolute Gasteiger partial charge is 0.302 e. The number of phenolic OH excluding ortho intramolecular Hbond substituents is 1. The summed E-state index contributed by atoms with van der Waals surface area (Å²) >= 11 is 0. The molecule has 0 aromatic heterocycles. The van der Waals surface area contributed by atoms with Crippen molar-refractivity contribution in [3.63, 3.8) is 0 Å². The Hall–Kier alpha value is -5.40. The summed E-state index contributed by atoms with van der Waals surface area (Å²) in [6.07, 6.45) is 0. The van der Waals surface area contributed by atoms with Gasteiger partial charge in [-0.2, -0.15) is 27.1 Å². The van der Waals surface area contributed by atoms with Gasteiger partial charge in [-0.25, -0.2) is 16.8 Å². The van der Waals surface area contributed by atoms with Crippen LogP contribution in [0.15, 0.2) is 101 Å². The Morgan fingerprint density at radius 3 is 1.37 bits per heavy atom. The molecule has 0 saturated carbocycles. The van der Waals surface area contributed by atoms with E-state index >= 15 is 0 Å². The highest BCUT2D eigenvalue weighted by atomic mass is 32.2. The Morgan fingerprint density at radius 1 is 0.630 bits per heavy atom. The van der Waals surface area contributed by atoms with E-state index in [1.807, 2.05) is 0 Å². The number of hydrogen-bond donors (Lipinski definition) is 4. The fourth-order valence-corrected chi connectivity index (χ4v) is 8.09. The van der Waals surface area contributed by atoms with Crippen molar-refractivity contribution in [1.82, 2.24) is 0 Å². The lowest BCUT2D eigenvalue weighted by Crippen LogP contribution is -2.14. The van der Waals surface area contributed by atoms with E-state index in [0.717, 1.165) is 38.1 Å². The zero-order valence-corrected chi connectivity index (χ0v) is 31.1. The number of nitrogens with zero attached hydrogens (tertiary/aromatic N) is 4. The van der Waals surface area contributed by atoms with Gasteiger partial charge in [-0.1, -0.05) is 0 Å².